The van der Waals surface area contributed by atoms with Crippen LogP contribution in [0.4, 0.5) is 11.4 Å². The van der Waals surface area contributed by atoms with E-state index in [2.05, 4.69) is 21.2 Å². The van der Waals surface area contributed by atoms with E-state index in [1.165, 1.54) is 21.8 Å². The van der Waals surface area contributed by atoms with E-state index in [1.54, 1.807) is 12.1 Å². The van der Waals surface area contributed by atoms with Gasteiger partial charge in [-0.1, -0.05) is 28.1 Å². The molecule has 0 bridgehead atoms. The van der Waals surface area contributed by atoms with Crippen molar-refractivity contribution in [2.24, 2.45) is 0 Å². The van der Waals surface area contributed by atoms with E-state index in [4.69, 9.17) is 0 Å². The zero-order chi connectivity index (χ0) is 19.8. The molecule has 2 amide bonds. The number of rotatable bonds is 4. The standard InChI is InChI=1S/C22H17BrN2O2S/c1-13-5-8-16(12-14(13)2)24-20-19(18-4-3-11-28-18)21(26)25(22(20)27)17-9-6-15(23)7-10-17/h3-12,24H,1-2H3. The summed E-state index contributed by atoms with van der Waals surface area (Å²) in [5, 5.41) is 5.10. The van der Waals surface area contributed by atoms with Crippen LogP contribution in [0.2, 0.25) is 0 Å². The van der Waals surface area contributed by atoms with Crippen LogP contribution >= 0.6 is 27.3 Å². The molecule has 1 aliphatic heterocycles. The average molecular weight is 453 g/mol. The number of hydrogen-bond acceptors (Lipinski definition) is 4. The maximum atomic E-state index is 13.2. The van der Waals surface area contributed by atoms with Gasteiger partial charge in [-0.25, -0.2) is 4.90 Å². The van der Waals surface area contributed by atoms with E-state index < -0.39 is 0 Å². The van der Waals surface area contributed by atoms with Gasteiger partial charge in [0.05, 0.1) is 11.3 Å². The first-order valence-electron chi connectivity index (χ1n) is 8.72. The van der Waals surface area contributed by atoms with Crippen LogP contribution in [0.15, 0.2) is 70.1 Å². The molecule has 0 fully saturated rings. The van der Waals surface area contributed by atoms with Crippen LogP contribution in [-0.2, 0) is 9.59 Å². The third-order valence-electron chi connectivity index (χ3n) is 4.71. The Balaban J connectivity index is 1.79. The van der Waals surface area contributed by atoms with Crippen molar-refractivity contribution in [2.45, 2.75) is 13.8 Å². The Labute approximate surface area is 175 Å². The smallest absolute Gasteiger partial charge is 0.282 e. The number of halogens is 1. The fourth-order valence-corrected chi connectivity index (χ4v) is 4.12. The van der Waals surface area contributed by atoms with Crippen molar-refractivity contribution >= 4 is 56.0 Å². The normalized spacial score (nSPS) is 14.2. The van der Waals surface area contributed by atoms with Crippen LogP contribution < -0.4 is 10.2 Å². The quantitative estimate of drug-likeness (QED) is 0.529. The van der Waals surface area contributed by atoms with Gasteiger partial charge in [-0.15, -0.1) is 11.3 Å². The number of imide groups is 1. The molecule has 1 N–H and O–H groups in total. The number of benzene rings is 2. The van der Waals surface area contributed by atoms with Gasteiger partial charge < -0.3 is 5.32 Å². The molecular formula is C22H17BrN2O2S. The monoisotopic (exact) mass is 452 g/mol. The fraction of sp³-hybridized carbons (Fsp3) is 0.0909. The molecule has 0 radical (unpaired) electrons. The van der Waals surface area contributed by atoms with Crippen molar-refractivity contribution in [1.29, 1.82) is 0 Å². The van der Waals surface area contributed by atoms with Crippen LogP contribution in [0.25, 0.3) is 5.57 Å². The highest BCUT2D eigenvalue weighted by atomic mass is 79.9. The summed E-state index contributed by atoms with van der Waals surface area (Å²) in [4.78, 5) is 28.5. The lowest BCUT2D eigenvalue weighted by Crippen LogP contribution is -2.32. The third-order valence-corrected chi connectivity index (χ3v) is 6.13. The van der Waals surface area contributed by atoms with E-state index in [0.29, 0.717) is 17.0 Å². The number of nitrogens with zero attached hydrogens (tertiary/aromatic N) is 1. The second-order valence-corrected chi connectivity index (χ2v) is 8.44. The summed E-state index contributed by atoms with van der Waals surface area (Å²) in [6, 6.07) is 16.8. The topological polar surface area (TPSA) is 49.4 Å². The second-order valence-electron chi connectivity index (χ2n) is 6.57. The Hall–Kier alpha value is -2.70. The van der Waals surface area contributed by atoms with Gasteiger partial charge in [-0.2, -0.15) is 0 Å². The van der Waals surface area contributed by atoms with Crippen LogP contribution in [0.5, 0.6) is 0 Å². The van der Waals surface area contributed by atoms with Crippen molar-refractivity contribution in [2.75, 3.05) is 10.2 Å². The lowest BCUT2D eigenvalue weighted by Gasteiger charge is -2.15. The average Bonchev–Trinajstić information content (AvgIpc) is 3.27. The predicted octanol–water partition coefficient (Wildman–Crippen LogP) is 5.52. The van der Waals surface area contributed by atoms with Crippen molar-refractivity contribution in [3.63, 3.8) is 0 Å². The molecule has 0 spiro atoms. The van der Waals surface area contributed by atoms with Crippen LogP contribution in [-0.4, -0.2) is 11.8 Å². The predicted molar refractivity (Wildman–Crippen MR) is 117 cm³/mol. The molecule has 140 valence electrons. The number of aryl methyl sites for hydroxylation is 2. The Morgan fingerprint density at radius 3 is 2.32 bits per heavy atom. The van der Waals surface area contributed by atoms with Gasteiger partial charge in [-0.3, -0.25) is 9.59 Å². The molecule has 0 saturated heterocycles. The van der Waals surface area contributed by atoms with Crippen molar-refractivity contribution in [3.8, 4) is 0 Å². The third kappa shape index (κ3) is 3.30. The summed E-state index contributed by atoms with van der Waals surface area (Å²) in [5.74, 6) is -0.671. The highest BCUT2D eigenvalue weighted by molar-refractivity contribution is 9.10. The highest BCUT2D eigenvalue weighted by Crippen LogP contribution is 2.36. The lowest BCUT2D eigenvalue weighted by atomic mass is 10.1. The number of carbonyl (C=O) groups excluding carboxylic acids is 2. The van der Waals surface area contributed by atoms with Gasteiger partial charge in [0.2, 0.25) is 0 Å². The largest absolute Gasteiger partial charge is 0.350 e. The van der Waals surface area contributed by atoms with E-state index in [0.717, 1.165) is 20.6 Å². The summed E-state index contributed by atoms with van der Waals surface area (Å²) < 4.78 is 0.885. The molecule has 1 aromatic heterocycles. The number of amides is 2. The minimum Gasteiger partial charge on any atom is -0.350 e. The second kappa shape index (κ2) is 7.37. The molecule has 4 nitrogen and oxygen atoms in total. The van der Waals surface area contributed by atoms with Crippen LogP contribution in [0.1, 0.15) is 16.0 Å². The molecule has 0 aliphatic carbocycles. The van der Waals surface area contributed by atoms with Crippen molar-refractivity contribution in [3.05, 3.63) is 86.2 Å². The molecule has 6 heteroatoms. The van der Waals surface area contributed by atoms with Gasteiger partial charge in [0.1, 0.15) is 5.70 Å². The molecule has 2 aromatic carbocycles. The summed E-state index contributed by atoms with van der Waals surface area (Å²) >= 11 is 4.83. The summed E-state index contributed by atoms with van der Waals surface area (Å²) in [6.07, 6.45) is 0. The molecule has 2 heterocycles. The number of anilines is 2. The Kier molecular flexibility index (Phi) is 4.91. The SMILES string of the molecule is Cc1ccc(NC2=C(c3cccs3)C(=O)N(c3ccc(Br)cc3)C2=O)cc1C. The van der Waals surface area contributed by atoms with E-state index in [1.807, 2.05) is 61.7 Å². The maximum absolute atomic E-state index is 13.2. The zero-order valence-corrected chi connectivity index (χ0v) is 17.7. The first-order chi connectivity index (χ1) is 13.5. The maximum Gasteiger partial charge on any atom is 0.282 e. The molecule has 28 heavy (non-hydrogen) atoms. The summed E-state index contributed by atoms with van der Waals surface area (Å²) in [7, 11) is 0. The molecule has 0 unspecified atom stereocenters. The Bertz CT molecular complexity index is 1100. The molecule has 4 rings (SSSR count). The molecule has 3 aromatic rings. The first kappa shape index (κ1) is 18.7. The molecule has 0 atom stereocenters. The minimum absolute atomic E-state index is 0.304. The van der Waals surface area contributed by atoms with Gasteiger partial charge in [-0.05, 0) is 72.8 Å². The van der Waals surface area contributed by atoms with E-state index in [9.17, 15) is 9.59 Å². The molecule has 0 saturated carbocycles. The molecule has 1 aliphatic rings. The van der Waals surface area contributed by atoms with Gasteiger partial charge >= 0.3 is 0 Å². The van der Waals surface area contributed by atoms with Gasteiger partial charge in [0, 0.05) is 15.0 Å². The number of carbonyl (C=O) groups is 2. The van der Waals surface area contributed by atoms with Crippen molar-refractivity contribution < 1.29 is 9.59 Å². The van der Waals surface area contributed by atoms with E-state index >= 15 is 0 Å². The lowest BCUT2D eigenvalue weighted by molar-refractivity contribution is -0.120. The number of nitrogens with one attached hydrogen (secondary N) is 1. The summed E-state index contributed by atoms with van der Waals surface area (Å²) in [5.41, 5.74) is 4.32. The summed E-state index contributed by atoms with van der Waals surface area (Å²) in [6.45, 7) is 4.06. The van der Waals surface area contributed by atoms with Gasteiger partial charge in [0.25, 0.3) is 11.8 Å². The van der Waals surface area contributed by atoms with E-state index in [-0.39, 0.29) is 11.8 Å². The Morgan fingerprint density at radius 1 is 0.929 bits per heavy atom. The van der Waals surface area contributed by atoms with Crippen molar-refractivity contribution in [1.82, 2.24) is 0 Å². The van der Waals surface area contributed by atoms with Gasteiger partial charge in [0.15, 0.2) is 0 Å². The first-order valence-corrected chi connectivity index (χ1v) is 10.4. The minimum atomic E-state index is -0.353. The zero-order valence-electron chi connectivity index (χ0n) is 15.3. The number of hydrogen-bond donors (Lipinski definition) is 1. The number of thiophene rings is 1. The van der Waals surface area contributed by atoms with Crippen LogP contribution in [0, 0.1) is 13.8 Å². The Morgan fingerprint density at radius 2 is 1.68 bits per heavy atom. The van der Waals surface area contributed by atoms with Crippen LogP contribution in [0.3, 0.4) is 0 Å². The molecular weight excluding hydrogens is 436 g/mol. The fourth-order valence-electron chi connectivity index (χ4n) is 3.08. The highest BCUT2D eigenvalue weighted by Gasteiger charge is 2.40.